The first-order chi connectivity index (χ1) is 8.24. The second-order valence-electron chi connectivity index (χ2n) is 4.59. The van der Waals surface area contributed by atoms with E-state index in [0.717, 1.165) is 37.1 Å². The summed E-state index contributed by atoms with van der Waals surface area (Å²) >= 11 is 0. The number of hydrogen-bond acceptors (Lipinski definition) is 2. The van der Waals surface area contributed by atoms with E-state index in [4.69, 9.17) is 4.74 Å². The third-order valence-electron chi connectivity index (χ3n) is 3.02. The standard InChI is InChI=1S/C14H19NO2/c1-11-4-2-5-12(10-11)15-14(16)8-7-13-6-3-9-17-13/h2,4-5,10,13H,3,6-9H2,1H3,(H,15,16). The minimum atomic E-state index is 0.0751. The molecular weight excluding hydrogens is 214 g/mol. The van der Waals surface area contributed by atoms with Crippen LogP contribution in [-0.2, 0) is 9.53 Å². The van der Waals surface area contributed by atoms with Gasteiger partial charge < -0.3 is 10.1 Å². The molecule has 3 nitrogen and oxygen atoms in total. The fourth-order valence-corrected chi connectivity index (χ4v) is 2.11. The van der Waals surface area contributed by atoms with Gasteiger partial charge in [-0.1, -0.05) is 12.1 Å². The highest BCUT2D eigenvalue weighted by atomic mass is 16.5. The maximum Gasteiger partial charge on any atom is 0.224 e. The molecule has 1 aliphatic heterocycles. The molecule has 1 unspecified atom stereocenters. The van der Waals surface area contributed by atoms with Gasteiger partial charge in [-0.05, 0) is 43.9 Å². The lowest BCUT2D eigenvalue weighted by Crippen LogP contribution is -2.15. The van der Waals surface area contributed by atoms with Crippen molar-refractivity contribution in [2.75, 3.05) is 11.9 Å². The van der Waals surface area contributed by atoms with E-state index < -0.39 is 0 Å². The molecule has 0 aromatic heterocycles. The van der Waals surface area contributed by atoms with Crippen molar-refractivity contribution in [1.82, 2.24) is 0 Å². The number of carbonyl (C=O) groups is 1. The minimum Gasteiger partial charge on any atom is -0.378 e. The van der Waals surface area contributed by atoms with Crippen LogP contribution in [0.5, 0.6) is 0 Å². The number of amides is 1. The normalized spacial score (nSPS) is 19.2. The van der Waals surface area contributed by atoms with E-state index >= 15 is 0 Å². The molecule has 1 N–H and O–H groups in total. The molecule has 1 aromatic carbocycles. The summed E-state index contributed by atoms with van der Waals surface area (Å²) in [5, 5.41) is 2.91. The Kier molecular flexibility index (Phi) is 4.15. The van der Waals surface area contributed by atoms with Gasteiger partial charge in [0.1, 0.15) is 0 Å². The summed E-state index contributed by atoms with van der Waals surface area (Å²) in [6.07, 6.45) is 3.89. The zero-order valence-corrected chi connectivity index (χ0v) is 10.2. The molecule has 1 aliphatic rings. The van der Waals surface area contributed by atoms with Gasteiger partial charge in [0.15, 0.2) is 0 Å². The third kappa shape index (κ3) is 3.86. The third-order valence-corrected chi connectivity index (χ3v) is 3.02. The minimum absolute atomic E-state index is 0.0751. The predicted molar refractivity (Wildman–Crippen MR) is 68.0 cm³/mol. The summed E-state index contributed by atoms with van der Waals surface area (Å²) in [7, 11) is 0. The summed E-state index contributed by atoms with van der Waals surface area (Å²) < 4.78 is 5.49. The van der Waals surface area contributed by atoms with Crippen molar-refractivity contribution in [2.45, 2.75) is 38.7 Å². The van der Waals surface area contributed by atoms with Crippen LogP contribution in [0.1, 0.15) is 31.2 Å². The Hall–Kier alpha value is -1.35. The molecule has 0 spiro atoms. The zero-order chi connectivity index (χ0) is 12.1. The second kappa shape index (κ2) is 5.82. The molecule has 0 saturated carbocycles. The van der Waals surface area contributed by atoms with Gasteiger partial charge in [0.25, 0.3) is 0 Å². The van der Waals surface area contributed by atoms with Crippen LogP contribution >= 0.6 is 0 Å². The van der Waals surface area contributed by atoms with Crippen LogP contribution in [0.3, 0.4) is 0 Å². The van der Waals surface area contributed by atoms with Crippen molar-refractivity contribution in [3.05, 3.63) is 29.8 Å². The number of aryl methyl sites for hydroxylation is 1. The molecule has 0 bridgehead atoms. The maximum atomic E-state index is 11.7. The van der Waals surface area contributed by atoms with Gasteiger partial charge in [-0.15, -0.1) is 0 Å². The zero-order valence-electron chi connectivity index (χ0n) is 10.2. The highest BCUT2D eigenvalue weighted by Crippen LogP contribution is 2.17. The smallest absolute Gasteiger partial charge is 0.224 e. The summed E-state index contributed by atoms with van der Waals surface area (Å²) in [4.78, 5) is 11.7. The van der Waals surface area contributed by atoms with E-state index in [0.29, 0.717) is 12.5 Å². The Labute approximate surface area is 102 Å². The van der Waals surface area contributed by atoms with E-state index in [1.54, 1.807) is 0 Å². The van der Waals surface area contributed by atoms with E-state index in [-0.39, 0.29) is 5.91 Å². The van der Waals surface area contributed by atoms with Crippen LogP contribution < -0.4 is 5.32 Å². The number of rotatable bonds is 4. The first-order valence-corrected chi connectivity index (χ1v) is 6.22. The number of hydrogen-bond donors (Lipinski definition) is 1. The molecular formula is C14H19NO2. The lowest BCUT2D eigenvalue weighted by Gasteiger charge is -2.09. The lowest BCUT2D eigenvalue weighted by atomic mass is 10.1. The molecule has 3 heteroatoms. The summed E-state index contributed by atoms with van der Waals surface area (Å²) in [5.74, 6) is 0.0751. The summed E-state index contributed by atoms with van der Waals surface area (Å²) in [6.45, 7) is 2.87. The van der Waals surface area contributed by atoms with Crippen molar-refractivity contribution in [1.29, 1.82) is 0 Å². The van der Waals surface area contributed by atoms with E-state index in [2.05, 4.69) is 5.32 Å². The molecule has 1 saturated heterocycles. The fraction of sp³-hybridized carbons (Fsp3) is 0.500. The first-order valence-electron chi connectivity index (χ1n) is 6.22. The molecule has 1 heterocycles. The van der Waals surface area contributed by atoms with Crippen molar-refractivity contribution in [3.63, 3.8) is 0 Å². The summed E-state index contributed by atoms with van der Waals surface area (Å²) in [6, 6.07) is 7.86. The molecule has 0 radical (unpaired) electrons. The molecule has 1 aromatic rings. The van der Waals surface area contributed by atoms with Crippen molar-refractivity contribution in [2.24, 2.45) is 0 Å². The second-order valence-corrected chi connectivity index (χ2v) is 4.59. The monoisotopic (exact) mass is 233 g/mol. The van der Waals surface area contributed by atoms with E-state index in [9.17, 15) is 4.79 Å². The molecule has 1 fully saturated rings. The van der Waals surface area contributed by atoms with Crippen LogP contribution in [-0.4, -0.2) is 18.6 Å². The van der Waals surface area contributed by atoms with E-state index in [1.807, 2.05) is 31.2 Å². The number of carbonyl (C=O) groups excluding carboxylic acids is 1. The number of ether oxygens (including phenoxy) is 1. The summed E-state index contributed by atoms with van der Waals surface area (Å²) in [5.41, 5.74) is 2.03. The average molecular weight is 233 g/mol. The van der Waals surface area contributed by atoms with Gasteiger partial charge in [-0.25, -0.2) is 0 Å². The molecule has 2 rings (SSSR count). The largest absolute Gasteiger partial charge is 0.378 e. The SMILES string of the molecule is Cc1cccc(NC(=O)CCC2CCCO2)c1. The van der Waals surface area contributed by atoms with Crippen molar-refractivity contribution in [3.8, 4) is 0 Å². The highest BCUT2D eigenvalue weighted by Gasteiger charge is 2.16. The Morgan fingerprint density at radius 1 is 1.53 bits per heavy atom. The molecule has 17 heavy (non-hydrogen) atoms. The van der Waals surface area contributed by atoms with Crippen molar-refractivity contribution >= 4 is 11.6 Å². The van der Waals surface area contributed by atoms with Gasteiger partial charge in [-0.2, -0.15) is 0 Å². The van der Waals surface area contributed by atoms with Gasteiger partial charge >= 0.3 is 0 Å². The Bertz CT molecular complexity index is 384. The van der Waals surface area contributed by atoms with Crippen LogP contribution in [0.2, 0.25) is 0 Å². The average Bonchev–Trinajstić information content (AvgIpc) is 2.79. The van der Waals surface area contributed by atoms with Crippen LogP contribution in [0.4, 0.5) is 5.69 Å². The van der Waals surface area contributed by atoms with Gasteiger partial charge in [0, 0.05) is 18.7 Å². The molecule has 1 atom stereocenters. The van der Waals surface area contributed by atoms with E-state index in [1.165, 1.54) is 0 Å². The highest BCUT2D eigenvalue weighted by molar-refractivity contribution is 5.90. The quantitative estimate of drug-likeness (QED) is 0.868. The van der Waals surface area contributed by atoms with Crippen molar-refractivity contribution < 1.29 is 9.53 Å². The van der Waals surface area contributed by atoms with Gasteiger partial charge in [0.05, 0.1) is 6.10 Å². The number of anilines is 1. The van der Waals surface area contributed by atoms with Gasteiger partial charge in [0.2, 0.25) is 5.91 Å². The molecule has 0 aliphatic carbocycles. The lowest BCUT2D eigenvalue weighted by molar-refractivity contribution is -0.116. The van der Waals surface area contributed by atoms with Crippen LogP contribution in [0.15, 0.2) is 24.3 Å². The van der Waals surface area contributed by atoms with Crippen LogP contribution in [0.25, 0.3) is 0 Å². The van der Waals surface area contributed by atoms with Gasteiger partial charge in [-0.3, -0.25) is 4.79 Å². The first kappa shape index (κ1) is 12.1. The Balaban J connectivity index is 1.76. The topological polar surface area (TPSA) is 38.3 Å². The Morgan fingerprint density at radius 2 is 2.41 bits per heavy atom. The molecule has 92 valence electrons. The number of nitrogens with one attached hydrogen (secondary N) is 1. The molecule has 1 amide bonds. The number of benzene rings is 1. The maximum absolute atomic E-state index is 11.7. The predicted octanol–water partition coefficient (Wildman–Crippen LogP) is 2.89. The van der Waals surface area contributed by atoms with Crippen LogP contribution in [0, 0.1) is 6.92 Å². The fourth-order valence-electron chi connectivity index (χ4n) is 2.11. The Morgan fingerprint density at radius 3 is 3.12 bits per heavy atom.